The van der Waals surface area contributed by atoms with Crippen LogP contribution < -0.4 is 0 Å². The molecule has 1 aromatic carbocycles. The average molecular weight is 164 g/mol. The van der Waals surface area contributed by atoms with Crippen molar-refractivity contribution in [3.8, 4) is 0 Å². The minimum atomic E-state index is -0.284. The highest BCUT2D eigenvalue weighted by Gasteiger charge is 2.05. The number of furan rings is 1. The van der Waals surface area contributed by atoms with Crippen LogP contribution >= 0.6 is 0 Å². The Morgan fingerprint density at radius 1 is 1.17 bits per heavy atom. The summed E-state index contributed by atoms with van der Waals surface area (Å²) in [5.74, 6) is -0.284. The van der Waals surface area contributed by atoms with E-state index in [1.54, 1.807) is 0 Å². The molecule has 0 saturated heterocycles. The van der Waals surface area contributed by atoms with Crippen molar-refractivity contribution in [3.63, 3.8) is 0 Å². The van der Waals surface area contributed by atoms with Crippen LogP contribution in [0.25, 0.3) is 11.0 Å². The van der Waals surface area contributed by atoms with Gasteiger partial charge in [0.15, 0.2) is 5.82 Å². The van der Waals surface area contributed by atoms with Gasteiger partial charge in [-0.3, -0.25) is 0 Å². The molecule has 1 nitrogen and oxygen atoms in total. The largest absolute Gasteiger partial charge is 0.461 e. The third kappa shape index (κ3) is 0.916. The van der Waals surface area contributed by atoms with E-state index in [1.807, 2.05) is 26.0 Å². The highest BCUT2D eigenvalue weighted by Crippen LogP contribution is 2.23. The van der Waals surface area contributed by atoms with E-state index in [9.17, 15) is 4.39 Å². The van der Waals surface area contributed by atoms with Gasteiger partial charge in [0.05, 0.1) is 5.39 Å². The van der Waals surface area contributed by atoms with Crippen molar-refractivity contribution in [2.45, 2.75) is 13.8 Å². The predicted octanol–water partition coefficient (Wildman–Crippen LogP) is 3.19. The summed E-state index contributed by atoms with van der Waals surface area (Å²) in [6.07, 6.45) is 1.14. The van der Waals surface area contributed by atoms with E-state index in [0.29, 0.717) is 11.0 Å². The van der Waals surface area contributed by atoms with Gasteiger partial charge in [-0.2, -0.15) is 0 Å². The van der Waals surface area contributed by atoms with Crippen LogP contribution in [0.3, 0.4) is 0 Å². The maximum atomic E-state index is 13.0. The first-order chi connectivity index (χ1) is 5.68. The van der Waals surface area contributed by atoms with Crippen molar-refractivity contribution >= 4 is 11.0 Å². The Bertz CT molecular complexity index is 429. The second kappa shape index (κ2) is 2.34. The average Bonchev–Trinajstić information content (AvgIpc) is 2.35. The van der Waals surface area contributed by atoms with E-state index >= 15 is 0 Å². The number of aryl methyl sites for hydroxylation is 2. The van der Waals surface area contributed by atoms with E-state index in [1.165, 1.54) is 0 Å². The Morgan fingerprint density at radius 3 is 2.58 bits per heavy atom. The lowest BCUT2D eigenvalue weighted by Gasteiger charge is -1.97. The van der Waals surface area contributed by atoms with Crippen LogP contribution in [0, 0.1) is 19.7 Å². The van der Waals surface area contributed by atoms with Gasteiger partial charge in [0.25, 0.3) is 0 Å². The Balaban J connectivity index is 2.87. The van der Waals surface area contributed by atoms with Crippen molar-refractivity contribution in [1.29, 1.82) is 0 Å². The molecule has 0 fully saturated rings. The molecule has 0 aliphatic carbocycles. The van der Waals surface area contributed by atoms with E-state index in [-0.39, 0.29) is 5.82 Å². The molecule has 1 aromatic heterocycles. The van der Waals surface area contributed by atoms with E-state index < -0.39 is 0 Å². The molecule has 0 aliphatic rings. The summed E-state index contributed by atoms with van der Waals surface area (Å²) in [6, 6.07) is 3.66. The Hall–Kier alpha value is -1.31. The zero-order valence-corrected chi connectivity index (χ0v) is 7.02. The quantitative estimate of drug-likeness (QED) is 0.582. The molecule has 0 saturated carbocycles. The minimum Gasteiger partial charge on any atom is -0.461 e. The summed E-state index contributed by atoms with van der Waals surface area (Å²) in [6.45, 7) is 3.94. The monoisotopic (exact) mass is 164 g/mol. The first-order valence-electron chi connectivity index (χ1n) is 3.82. The fourth-order valence-electron chi connectivity index (χ4n) is 1.25. The van der Waals surface area contributed by atoms with E-state index in [2.05, 4.69) is 0 Å². The molecule has 12 heavy (non-hydrogen) atoms. The first kappa shape index (κ1) is 7.35. The Morgan fingerprint density at radius 2 is 1.83 bits per heavy atom. The number of benzene rings is 1. The number of hydrogen-bond acceptors (Lipinski definition) is 1. The molecule has 0 unspecified atom stereocenters. The van der Waals surface area contributed by atoms with Gasteiger partial charge >= 0.3 is 0 Å². The Labute approximate surface area is 69.8 Å². The van der Waals surface area contributed by atoms with Gasteiger partial charge in [0.2, 0.25) is 0 Å². The molecule has 0 radical (unpaired) electrons. The number of halogens is 1. The van der Waals surface area contributed by atoms with Gasteiger partial charge in [-0.25, -0.2) is 4.39 Å². The summed E-state index contributed by atoms with van der Waals surface area (Å²) in [4.78, 5) is 0. The fraction of sp³-hybridized carbons (Fsp3) is 0.200. The molecule has 0 N–H and O–H groups in total. The van der Waals surface area contributed by atoms with Gasteiger partial charge in [0, 0.05) is 0 Å². The lowest BCUT2D eigenvalue weighted by atomic mass is 10.1. The molecule has 62 valence electrons. The van der Waals surface area contributed by atoms with Gasteiger partial charge in [-0.15, -0.1) is 0 Å². The molecule has 2 rings (SSSR count). The van der Waals surface area contributed by atoms with Crippen molar-refractivity contribution < 1.29 is 8.81 Å². The van der Waals surface area contributed by atoms with Crippen LogP contribution in [0.5, 0.6) is 0 Å². The van der Waals surface area contributed by atoms with Gasteiger partial charge < -0.3 is 4.42 Å². The highest BCUT2D eigenvalue weighted by atomic mass is 19.1. The maximum Gasteiger partial charge on any atom is 0.169 e. The van der Waals surface area contributed by atoms with Crippen molar-refractivity contribution in [1.82, 2.24) is 0 Å². The number of hydrogen-bond donors (Lipinski definition) is 0. The third-order valence-electron chi connectivity index (χ3n) is 2.14. The summed E-state index contributed by atoms with van der Waals surface area (Å²) in [5.41, 5.74) is 2.83. The number of rotatable bonds is 0. The highest BCUT2D eigenvalue weighted by molar-refractivity contribution is 5.79. The lowest BCUT2D eigenvalue weighted by Crippen LogP contribution is -1.79. The van der Waals surface area contributed by atoms with Crippen LogP contribution in [0.1, 0.15) is 11.1 Å². The van der Waals surface area contributed by atoms with Crippen LogP contribution in [-0.4, -0.2) is 0 Å². The van der Waals surface area contributed by atoms with E-state index in [0.717, 1.165) is 17.4 Å². The summed E-state index contributed by atoms with van der Waals surface area (Å²) >= 11 is 0. The summed E-state index contributed by atoms with van der Waals surface area (Å²) in [7, 11) is 0. The summed E-state index contributed by atoms with van der Waals surface area (Å²) in [5, 5.41) is 0.568. The smallest absolute Gasteiger partial charge is 0.169 e. The fourth-order valence-corrected chi connectivity index (χ4v) is 1.25. The molecular formula is C10H9FO. The minimum absolute atomic E-state index is 0.284. The van der Waals surface area contributed by atoms with Crippen molar-refractivity contribution in [2.75, 3.05) is 0 Å². The normalized spacial score (nSPS) is 10.9. The van der Waals surface area contributed by atoms with Crippen LogP contribution in [0.4, 0.5) is 4.39 Å². The predicted molar refractivity (Wildman–Crippen MR) is 45.6 cm³/mol. The van der Waals surface area contributed by atoms with Gasteiger partial charge in [-0.1, -0.05) is 0 Å². The second-order valence-electron chi connectivity index (χ2n) is 3.02. The zero-order chi connectivity index (χ0) is 8.72. The first-order valence-corrected chi connectivity index (χ1v) is 3.82. The van der Waals surface area contributed by atoms with Gasteiger partial charge in [-0.05, 0) is 37.1 Å². The molecule has 2 heteroatoms. The third-order valence-corrected chi connectivity index (χ3v) is 2.14. The van der Waals surface area contributed by atoms with E-state index in [4.69, 9.17) is 4.42 Å². The number of fused-ring (bicyclic) bond motifs is 1. The molecule has 2 aromatic rings. The molecule has 0 aliphatic heterocycles. The van der Waals surface area contributed by atoms with Crippen molar-refractivity contribution in [3.05, 3.63) is 35.3 Å². The Kier molecular flexibility index (Phi) is 1.43. The molecule has 0 amide bonds. The second-order valence-corrected chi connectivity index (χ2v) is 3.02. The molecule has 0 spiro atoms. The zero-order valence-electron chi connectivity index (χ0n) is 7.02. The van der Waals surface area contributed by atoms with Crippen molar-refractivity contribution in [2.24, 2.45) is 0 Å². The van der Waals surface area contributed by atoms with Crippen LogP contribution in [0.2, 0.25) is 0 Å². The molecule has 0 bridgehead atoms. The van der Waals surface area contributed by atoms with Gasteiger partial charge in [0.1, 0.15) is 11.8 Å². The lowest BCUT2D eigenvalue weighted by molar-refractivity contribution is 0.558. The molecular weight excluding hydrogens is 155 g/mol. The topological polar surface area (TPSA) is 13.1 Å². The standard InChI is InChI=1S/C10H9FO/c1-6-3-8-9(11)5-12-10(8)4-7(6)2/h3-5H,1-2H3. The van der Waals surface area contributed by atoms with Crippen LogP contribution in [-0.2, 0) is 0 Å². The molecule has 1 heterocycles. The summed E-state index contributed by atoms with van der Waals surface area (Å²) < 4.78 is 18.0. The van der Waals surface area contributed by atoms with Crippen LogP contribution in [0.15, 0.2) is 22.8 Å². The maximum absolute atomic E-state index is 13.0. The SMILES string of the molecule is Cc1cc2occ(F)c2cc1C. The molecule has 0 atom stereocenters.